The summed E-state index contributed by atoms with van der Waals surface area (Å²) in [7, 11) is 3.07. The molecule has 0 atom stereocenters. The Hall–Kier alpha value is -2.62. The van der Waals surface area contributed by atoms with Gasteiger partial charge in [0.15, 0.2) is 0 Å². The van der Waals surface area contributed by atoms with Crippen molar-refractivity contribution in [3.05, 3.63) is 24.3 Å². The molecule has 2 aromatic rings. The van der Waals surface area contributed by atoms with Crippen LogP contribution < -0.4 is 5.32 Å². The third kappa shape index (κ3) is 4.42. The molecule has 23 heavy (non-hydrogen) atoms. The maximum atomic E-state index is 12.0. The fraction of sp³-hybridized carbons (Fsp3) is 0.308. The Morgan fingerprint density at radius 3 is 2.70 bits per heavy atom. The zero-order chi connectivity index (χ0) is 16.8. The number of aromatic nitrogens is 4. The summed E-state index contributed by atoms with van der Waals surface area (Å²) in [5.74, 6) is -0.202. The zero-order valence-electron chi connectivity index (χ0n) is 12.6. The van der Waals surface area contributed by atoms with E-state index in [9.17, 15) is 14.7 Å². The number of tetrazole rings is 1. The second kappa shape index (κ2) is 7.58. The van der Waals surface area contributed by atoms with Crippen LogP contribution >= 0.6 is 11.8 Å². The summed E-state index contributed by atoms with van der Waals surface area (Å²) in [6, 6.07) is 6.37. The Morgan fingerprint density at radius 1 is 1.35 bits per heavy atom. The monoisotopic (exact) mass is 336 g/mol. The molecule has 0 fully saturated rings. The van der Waals surface area contributed by atoms with Gasteiger partial charge in [0.25, 0.3) is 0 Å². The van der Waals surface area contributed by atoms with E-state index in [-0.39, 0.29) is 29.9 Å². The van der Waals surface area contributed by atoms with Gasteiger partial charge in [-0.3, -0.25) is 9.59 Å². The zero-order valence-corrected chi connectivity index (χ0v) is 13.4. The maximum Gasteiger partial charge on any atom is 0.239 e. The predicted molar refractivity (Wildman–Crippen MR) is 83.2 cm³/mol. The third-order valence-corrected chi connectivity index (χ3v) is 3.85. The smallest absolute Gasteiger partial charge is 0.239 e. The minimum absolute atomic E-state index is 0.00119. The van der Waals surface area contributed by atoms with Crippen LogP contribution in [0.1, 0.15) is 0 Å². The first-order valence-corrected chi connectivity index (χ1v) is 7.65. The predicted octanol–water partition coefficient (Wildman–Crippen LogP) is -0.336. The van der Waals surface area contributed by atoms with Crippen molar-refractivity contribution in [2.24, 2.45) is 0 Å². The average Bonchev–Trinajstić information content (AvgIpc) is 3.01. The Kier molecular flexibility index (Phi) is 5.52. The maximum absolute atomic E-state index is 12.0. The molecule has 2 amide bonds. The van der Waals surface area contributed by atoms with Crippen molar-refractivity contribution in [2.45, 2.75) is 5.16 Å². The van der Waals surface area contributed by atoms with E-state index >= 15 is 0 Å². The quantitative estimate of drug-likeness (QED) is 0.694. The number of nitrogens with zero attached hydrogens (tertiary/aromatic N) is 5. The van der Waals surface area contributed by atoms with Crippen molar-refractivity contribution in [2.75, 3.05) is 26.4 Å². The highest BCUT2D eigenvalue weighted by molar-refractivity contribution is 7.99. The molecule has 10 heteroatoms. The van der Waals surface area contributed by atoms with Crippen molar-refractivity contribution in [3.8, 4) is 11.4 Å². The second-order valence-corrected chi connectivity index (χ2v) is 5.54. The number of nitrogens with one attached hydrogen (secondary N) is 1. The van der Waals surface area contributed by atoms with Gasteiger partial charge in [0.2, 0.25) is 17.0 Å². The van der Waals surface area contributed by atoms with E-state index in [0.717, 1.165) is 0 Å². The molecule has 9 nitrogen and oxygen atoms in total. The normalized spacial score (nSPS) is 10.3. The van der Waals surface area contributed by atoms with Crippen LogP contribution in [0.15, 0.2) is 29.4 Å². The van der Waals surface area contributed by atoms with Crippen molar-refractivity contribution in [1.29, 1.82) is 0 Å². The van der Waals surface area contributed by atoms with Crippen LogP contribution in [0, 0.1) is 0 Å². The summed E-state index contributed by atoms with van der Waals surface area (Å²) in [4.78, 5) is 24.6. The Bertz CT molecular complexity index is 687. The average molecular weight is 336 g/mol. The van der Waals surface area contributed by atoms with Gasteiger partial charge in [-0.05, 0) is 34.7 Å². The van der Waals surface area contributed by atoms with Gasteiger partial charge in [-0.25, -0.2) is 0 Å². The highest BCUT2D eigenvalue weighted by atomic mass is 32.2. The topological polar surface area (TPSA) is 113 Å². The van der Waals surface area contributed by atoms with Crippen LogP contribution in [0.5, 0.6) is 5.75 Å². The molecule has 0 saturated carbocycles. The van der Waals surface area contributed by atoms with E-state index in [2.05, 4.69) is 20.8 Å². The summed E-state index contributed by atoms with van der Waals surface area (Å²) in [5, 5.41) is 23.5. The van der Waals surface area contributed by atoms with E-state index in [4.69, 9.17) is 0 Å². The highest BCUT2D eigenvalue weighted by Crippen LogP contribution is 2.20. The summed E-state index contributed by atoms with van der Waals surface area (Å²) in [6.45, 7) is -0.00119. The standard InChI is InChI=1S/C13H16N6O3S/c1-14-11(21)7-18(2)12(22)8-23-13-15-16-17-19(13)9-3-5-10(20)6-4-9/h3-6,20H,7-8H2,1-2H3,(H,14,21). The van der Waals surface area contributed by atoms with Crippen LogP contribution in [-0.2, 0) is 9.59 Å². The first-order chi connectivity index (χ1) is 11.0. The Labute approximate surface area is 136 Å². The summed E-state index contributed by atoms with van der Waals surface area (Å²) in [5.41, 5.74) is 0.668. The molecular formula is C13H16N6O3S. The molecule has 1 aromatic carbocycles. The van der Waals surface area contributed by atoms with Crippen molar-refractivity contribution >= 4 is 23.6 Å². The van der Waals surface area contributed by atoms with Gasteiger partial charge >= 0.3 is 0 Å². The fourth-order valence-corrected chi connectivity index (χ4v) is 2.48. The first-order valence-electron chi connectivity index (χ1n) is 6.66. The summed E-state index contributed by atoms with van der Waals surface area (Å²) >= 11 is 1.17. The lowest BCUT2D eigenvalue weighted by Gasteiger charge is -2.15. The number of carbonyl (C=O) groups excluding carboxylic acids is 2. The largest absolute Gasteiger partial charge is 0.508 e. The van der Waals surface area contributed by atoms with Crippen LogP contribution in [0.3, 0.4) is 0 Å². The lowest BCUT2D eigenvalue weighted by Crippen LogP contribution is -2.37. The van der Waals surface area contributed by atoms with E-state index in [1.165, 1.54) is 40.5 Å². The molecule has 0 aliphatic rings. The second-order valence-electron chi connectivity index (χ2n) is 4.60. The number of rotatable bonds is 6. The number of amides is 2. The van der Waals surface area contributed by atoms with Gasteiger partial charge in [0.05, 0.1) is 18.0 Å². The fourth-order valence-electron chi connectivity index (χ4n) is 1.64. The SMILES string of the molecule is CNC(=O)CN(C)C(=O)CSc1nnnn1-c1ccc(O)cc1. The number of hydrogen-bond donors (Lipinski definition) is 2. The Morgan fingerprint density at radius 2 is 2.04 bits per heavy atom. The van der Waals surface area contributed by atoms with Crippen LogP contribution in [0.25, 0.3) is 5.69 Å². The molecule has 0 bridgehead atoms. The molecule has 1 heterocycles. The minimum Gasteiger partial charge on any atom is -0.508 e. The lowest BCUT2D eigenvalue weighted by atomic mass is 10.3. The van der Waals surface area contributed by atoms with Crippen molar-refractivity contribution < 1.29 is 14.7 Å². The molecule has 0 unspecified atom stereocenters. The van der Waals surface area contributed by atoms with Crippen LogP contribution in [-0.4, -0.2) is 68.4 Å². The van der Waals surface area contributed by atoms with E-state index in [0.29, 0.717) is 10.8 Å². The van der Waals surface area contributed by atoms with Gasteiger partial charge in [-0.15, -0.1) is 5.10 Å². The summed E-state index contributed by atoms with van der Waals surface area (Å²) < 4.78 is 1.47. The molecule has 2 N–H and O–H groups in total. The molecule has 0 saturated heterocycles. The van der Waals surface area contributed by atoms with E-state index < -0.39 is 0 Å². The number of benzene rings is 1. The molecule has 2 rings (SSSR count). The van der Waals surface area contributed by atoms with Crippen LogP contribution in [0.4, 0.5) is 0 Å². The molecule has 122 valence electrons. The Balaban J connectivity index is 1.99. The molecule has 0 radical (unpaired) electrons. The number of likely N-dealkylation sites (N-methyl/N-ethyl adjacent to an activating group) is 2. The summed E-state index contributed by atoms with van der Waals surface area (Å²) in [6.07, 6.45) is 0. The molecule has 0 aliphatic heterocycles. The molecule has 0 aliphatic carbocycles. The number of phenols is 1. The lowest BCUT2D eigenvalue weighted by molar-refractivity contribution is -0.132. The highest BCUT2D eigenvalue weighted by Gasteiger charge is 2.15. The van der Waals surface area contributed by atoms with Crippen molar-refractivity contribution in [1.82, 2.24) is 30.4 Å². The van der Waals surface area contributed by atoms with Crippen LogP contribution in [0.2, 0.25) is 0 Å². The molecular weight excluding hydrogens is 320 g/mol. The number of carbonyl (C=O) groups is 2. The van der Waals surface area contributed by atoms with E-state index in [1.807, 2.05) is 0 Å². The number of phenolic OH excluding ortho intramolecular Hbond substituents is 1. The van der Waals surface area contributed by atoms with Gasteiger partial charge < -0.3 is 15.3 Å². The molecule has 1 aromatic heterocycles. The minimum atomic E-state index is -0.236. The first kappa shape index (κ1) is 16.7. The number of aromatic hydroxyl groups is 1. The van der Waals surface area contributed by atoms with E-state index in [1.54, 1.807) is 19.2 Å². The number of hydrogen-bond acceptors (Lipinski definition) is 7. The van der Waals surface area contributed by atoms with Crippen molar-refractivity contribution in [3.63, 3.8) is 0 Å². The third-order valence-electron chi connectivity index (χ3n) is 2.95. The van der Waals surface area contributed by atoms with Gasteiger partial charge in [0, 0.05) is 14.1 Å². The van der Waals surface area contributed by atoms with Gasteiger partial charge in [0.1, 0.15) is 5.75 Å². The van der Waals surface area contributed by atoms with Gasteiger partial charge in [-0.2, -0.15) is 4.68 Å². The number of thioether (sulfide) groups is 1. The van der Waals surface area contributed by atoms with Gasteiger partial charge in [-0.1, -0.05) is 11.8 Å². The molecule has 0 spiro atoms.